The van der Waals surface area contributed by atoms with E-state index in [0.29, 0.717) is 19.1 Å². The highest BCUT2D eigenvalue weighted by molar-refractivity contribution is 5.55. The van der Waals surface area contributed by atoms with Crippen molar-refractivity contribution in [2.24, 2.45) is 5.92 Å². The van der Waals surface area contributed by atoms with Crippen LogP contribution < -0.4 is 4.74 Å². The van der Waals surface area contributed by atoms with Crippen LogP contribution in [0.2, 0.25) is 0 Å². The molecule has 0 radical (unpaired) electrons. The summed E-state index contributed by atoms with van der Waals surface area (Å²) in [6.07, 6.45) is 6.69. The first-order valence-electron chi connectivity index (χ1n) is 10.3. The van der Waals surface area contributed by atoms with Crippen molar-refractivity contribution in [1.29, 1.82) is 0 Å². The molecular formula is C24H31N3O2. The van der Waals surface area contributed by atoms with Gasteiger partial charge in [-0.05, 0) is 57.2 Å². The number of hydrogen-bond donors (Lipinski definition) is 1. The van der Waals surface area contributed by atoms with Gasteiger partial charge < -0.3 is 14.4 Å². The summed E-state index contributed by atoms with van der Waals surface area (Å²) in [7, 11) is 0. The molecule has 5 nitrogen and oxygen atoms in total. The number of benzene rings is 1. The number of aryl methyl sites for hydroxylation is 2. The minimum absolute atomic E-state index is 0.258. The van der Waals surface area contributed by atoms with E-state index in [1.165, 1.54) is 0 Å². The maximum absolute atomic E-state index is 9.03. The standard InChI is InChI=1S/C24H31N3O2/c1-18(12-13-28)7-6-14-29-23-9-5-4-8-22(23)17-27-20(3)15-26-24(27)21-11-10-19(2)25-16-21/h4-5,8-11,15-16,18,28H,6-7,12-14,17H2,1-3H3/t18-/m1/s1. The summed E-state index contributed by atoms with van der Waals surface area (Å²) in [5.41, 5.74) is 4.25. The summed E-state index contributed by atoms with van der Waals surface area (Å²) in [4.78, 5) is 9.03. The molecule has 0 aliphatic carbocycles. The van der Waals surface area contributed by atoms with E-state index in [2.05, 4.69) is 40.5 Å². The summed E-state index contributed by atoms with van der Waals surface area (Å²) < 4.78 is 8.31. The predicted molar refractivity (Wildman–Crippen MR) is 116 cm³/mol. The molecular weight excluding hydrogens is 362 g/mol. The molecule has 1 N–H and O–H groups in total. The lowest BCUT2D eigenvalue weighted by atomic mass is 10.0. The number of imidazole rings is 1. The van der Waals surface area contributed by atoms with Crippen molar-refractivity contribution >= 4 is 0 Å². The van der Waals surface area contributed by atoms with Crippen LogP contribution in [0.1, 0.15) is 43.1 Å². The van der Waals surface area contributed by atoms with Crippen LogP contribution in [0.15, 0.2) is 48.8 Å². The highest BCUT2D eigenvalue weighted by Gasteiger charge is 2.13. The van der Waals surface area contributed by atoms with E-state index < -0.39 is 0 Å². The van der Waals surface area contributed by atoms with Gasteiger partial charge in [-0.25, -0.2) is 4.98 Å². The monoisotopic (exact) mass is 393 g/mol. The second-order valence-corrected chi connectivity index (χ2v) is 7.71. The molecule has 0 spiro atoms. The maximum atomic E-state index is 9.03. The number of aliphatic hydroxyl groups excluding tert-OH is 1. The highest BCUT2D eigenvalue weighted by atomic mass is 16.5. The van der Waals surface area contributed by atoms with Crippen molar-refractivity contribution in [2.45, 2.75) is 46.6 Å². The molecule has 3 aromatic rings. The van der Waals surface area contributed by atoms with Crippen molar-refractivity contribution in [1.82, 2.24) is 14.5 Å². The van der Waals surface area contributed by atoms with Gasteiger partial charge in [0.25, 0.3) is 0 Å². The Kier molecular flexibility index (Phi) is 7.42. The first-order valence-corrected chi connectivity index (χ1v) is 10.3. The Bertz CT molecular complexity index is 903. The summed E-state index contributed by atoms with van der Waals surface area (Å²) in [5, 5.41) is 9.03. The van der Waals surface area contributed by atoms with Gasteiger partial charge in [0.1, 0.15) is 11.6 Å². The molecule has 0 bridgehead atoms. The van der Waals surface area contributed by atoms with Crippen LogP contribution in [-0.4, -0.2) is 32.9 Å². The molecule has 1 atom stereocenters. The van der Waals surface area contributed by atoms with E-state index in [1.54, 1.807) is 0 Å². The fourth-order valence-corrected chi connectivity index (χ4v) is 3.42. The van der Waals surface area contributed by atoms with Gasteiger partial charge in [0.15, 0.2) is 0 Å². The number of para-hydroxylation sites is 1. The zero-order valence-corrected chi connectivity index (χ0v) is 17.6. The zero-order chi connectivity index (χ0) is 20.6. The molecule has 3 rings (SSSR count). The van der Waals surface area contributed by atoms with Gasteiger partial charge in [-0.15, -0.1) is 0 Å². The first kappa shape index (κ1) is 21.1. The number of nitrogens with zero attached hydrogens (tertiary/aromatic N) is 3. The van der Waals surface area contributed by atoms with Crippen molar-refractivity contribution in [3.05, 3.63) is 65.7 Å². The molecule has 0 fully saturated rings. The lowest BCUT2D eigenvalue weighted by Crippen LogP contribution is -2.08. The van der Waals surface area contributed by atoms with E-state index in [9.17, 15) is 0 Å². The van der Waals surface area contributed by atoms with Crippen molar-refractivity contribution in [2.75, 3.05) is 13.2 Å². The van der Waals surface area contributed by atoms with E-state index in [1.807, 2.05) is 43.6 Å². The molecule has 29 heavy (non-hydrogen) atoms. The number of rotatable bonds is 10. The molecule has 1 aromatic carbocycles. The topological polar surface area (TPSA) is 60.2 Å². The molecule has 0 unspecified atom stereocenters. The highest BCUT2D eigenvalue weighted by Crippen LogP contribution is 2.25. The fourth-order valence-electron chi connectivity index (χ4n) is 3.42. The van der Waals surface area contributed by atoms with E-state index >= 15 is 0 Å². The van der Waals surface area contributed by atoms with E-state index in [0.717, 1.165) is 53.4 Å². The van der Waals surface area contributed by atoms with Gasteiger partial charge in [-0.1, -0.05) is 25.1 Å². The number of ether oxygens (including phenoxy) is 1. The van der Waals surface area contributed by atoms with Crippen LogP contribution in [0.4, 0.5) is 0 Å². The van der Waals surface area contributed by atoms with Crippen molar-refractivity contribution in [3.63, 3.8) is 0 Å². The second-order valence-electron chi connectivity index (χ2n) is 7.71. The van der Waals surface area contributed by atoms with Gasteiger partial charge in [0.2, 0.25) is 0 Å². The van der Waals surface area contributed by atoms with E-state index in [4.69, 9.17) is 9.84 Å². The van der Waals surface area contributed by atoms with Gasteiger partial charge >= 0.3 is 0 Å². The normalized spacial score (nSPS) is 12.1. The molecule has 0 aliphatic rings. The summed E-state index contributed by atoms with van der Waals surface area (Å²) in [6.45, 7) is 7.88. The maximum Gasteiger partial charge on any atom is 0.141 e. The Balaban J connectivity index is 1.71. The average Bonchev–Trinajstić information content (AvgIpc) is 3.07. The number of pyridine rings is 1. The van der Waals surface area contributed by atoms with Crippen LogP contribution in [-0.2, 0) is 6.54 Å². The van der Waals surface area contributed by atoms with Crippen LogP contribution >= 0.6 is 0 Å². The number of aliphatic hydroxyl groups is 1. The van der Waals surface area contributed by atoms with Gasteiger partial charge in [-0.2, -0.15) is 0 Å². The van der Waals surface area contributed by atoms with Crippen molar-refractivity contribution in [3.8, 4) is 17.1 Å². The Hall–Kier alpha value is -2.66. The minimum Gasteiger partial charge on any atom is -0.493 e. The molecule has 0 saturated heterocycles. The molecule has 5 heteroatoms. The fraction of sp³-hybridized carbons (Fsp3) is 0.417. The number of hydrogen-bond acceptors (Lipinski definition) is 4. The lowest BCUT2D eigenvalue weighted by molar-refractivity contribution is 0.245. The van der Waals surface area contributed by atoms with Gasteiger partial charge in [-0.3, -0.25) is 4.98 Å². The first-order chi connectivity index (χ1) is 14.1. The van der Waals surface area contributed by atoms with Crippen LogP contribution in [0.3, 0.4) is 0 Å². The summed E-state index contributed by atoms with van der Waals surface area (Å²) >= 11 is 0. The number of aromatic nitrogens is 3. The Morgan fingerprint density at radius 2 is 1.86 bits per heavy atom. The summed E-state index contributed by atoms with van der Waals surface area (Å²) in [5.74, 6) is 2.36. The average molecular weight is 394 g/mol. The quantitative estimate of drug-likeness (QED) is 0.503. The third-order valence-corrected chi connectivity index (χ3v) is 5.25. The van der Waals surface area contributed by atoms with E-state index in [-0.39, 0.29) is 6.61 Å². The smallest absolute Gasteiger partial charge is 0.141 e. The Labute approximate surface area is 173 Å². The van der Waals surface area contributed by atoms with Crippen LogP contribution in [0, 0.1) is 19.8 Å². The third kappa shape index (κ3) is 5.67. The Morgan fingerprint density at radius 1 is 1.03 bits per heavy atom. The van der Waals surface area contributed by atoms with Crippen LogP contribution in [0.25, 0.3) is 11.4 Å². The summed E-state index contributed by atoms with van der Waals surface area (Å²) in [6, 6.07) is 12.3. The van der Waals surface area contributed by atoms with Gasteiger partial charge in [0.05, 0.1) is 13.2 Å². The second kappa shape index (κ2) is 10.2. The van der Waals surface area contributed by atoms with Crippen LogP contribution in [0.5, 0.6) is 5.75 Å². The largest absolute Gasteiger partial charge is 0.493 e. The third-order valence-electron chi connectivity index (χ3n) is 5.25. The minimum atomic E-state index is 0.258. The Morgan fingerprint density at radius 3 is 2.62 bits per heavy atom. The molecule has 2 heterocycles. The van der Waals surface area contributed by atoms with Crippen molar-refractivity contribution < 1.29 is 9.84 Å². The molecule has 154 valence electrons. The molecule has 0 saturated carbocycles. The molecule has 0 amide bonds. The molecule has 0 aliphatic heterocycles. The zero-order valence-electron chi connectivity index (χ0n) is 17.6. The SMILES string of the molecule is Cc1ccc(-c2ncc(C)n2Cc2ccccc2OCCC[C@@H](C)CCO)cn1. The van der Waals surface area contributed by atoms with Gasteiger partial charge in [0, 0.05) is 41.5 Å². The predicted octanol–water partition coefficient (Wildman–Crippen LogP) is 4.79. The lowest BCUT2D eigenvalue weighted by Gasteiger charge is -2.15. The molecule has 2 aromatic heterocycles.